The van der Waals surface area contributed by atoms with Crippen LogP contribution in [0.4, 0.5) is 0 Å². The minimum absolute atomic E-state index is 0.00795. The molecule has 0 radical (unpaired) electrons. The fourth-order valence-corrected chi connectivity index (χ4v) is 4.69. The number of hydrogen-bond donors (Lipinski definition) is 0. The van der Waals surface area contributed by atoms with E-state index >= 15 is 0 Å². The Balaban J connectivity index is 1.46. The van der Waals surface area contributed by atoms with Crippen LogP contribution in [0.2, 0.25) is 0 Å². The van der Waals surface area contributed by atoms with Crippen molar-refractivity contribution >= 4 is 17.2 Å². The second-order valence-corrected chi connectivity index (χ2v) is 8.21. The SMILES string of the molecule is Cc1cc(C(=O)N2CCC[C@@]3(CCN3Cc3cnc(C)s3)C2)no1. The molecule has 24 heavy (non-hydrogen) atoms. The van der Waals surface area contributed by atoms with E-state index < -0.39 is 0 Å². The third kappa shape index (κ3) is 2.75. The lowest BCUT2D eigenvalue weighted by Gasteiger charge is -2.57. The Morgan fingerprint density at radius 3 is 2.88 bits per heavy atom. The third-order valence-electron chi connectivity index (χ3n) is 5.22. The monoisotopic (exact) mass is 346 g/mol. The van der Waals surface area contributed by atoms with E-state index in [1.165, 1.54) is 4.88 Å². The highest BCUT2D eigenvalue weighted by Crippen LogP contribution is 2.40. The van der Waals surface area contributed by atoms with Crippen LogP contribution in [0, 0.1) is 13.8 Å². The normalized spacial score (nSPS) is 24.3. The zero-order chi connectivity index (χ0) is 16.7. The molecule has 0 aliphatic carbocycles. The van der Waals surface area contributed by atoms with Crippen molar-refractivity contribution in [1.29, 1.82) is 0 Å². The van der Waals surface area contributed by atoms with Crippen LogP contribution in [0.25, 0.3) is 0 Å². The van der Waals surface area contributed by atoms with Crippen LogP contribution in [0.3, 0.4) is 0 Å². The maximum absolute atomic E-state index is 12.7. The van der Waals surface area contributed by atoms with Gasteiger partial charge in [-0.3, -0.25) is 9.69 Å². The van der Waals surface area contributed by atoms with Gasteiger partial charge in [-0.2, -0.15) is 0 Å². The summed E-state index contributed by atoms with van der Waals surface area (Å²) in [5.41, 5.74) is 0.554. The molecule has 1 amide bonds. The predicted molar refractivity (Wildman–Crippen MR) is 91.0 cm³/mol. The molecule has 2 aromatic heterocycles. The van der Waals surface area contributed by atoms with E-state index in [2.05, 4.69) is 15.0 Å². The molecule has 4 heterocycles. The lowest BCUT2D eigenvalue weighted by molar-refractivity contribution is -0.0644. The molecule has 0 saturated carbocycles. The molecule has 0 unspecified atom stereocenters. The second-order valence-electron chi connectivity index (χ2n) is 6.89. The van der Waals surface area contributed by atoms with Crippen molar-refractivity contribution in [3.8, 4) is 0 Å². The molecule has 4 rings (SSSR count). The molecule has 0 bridgehead atoms. The summed E-state index contributed by atoms with van der Waals surface area (Å²) < 4.78 is 5.06. The Bertz CT molecular complexity index is 755. The number of aromatic nitrogens is 2. The molecule has 0 N–H and O–H groups in total. The van der Waals surface area contributed by atoms with Crippen LogP contribution in [0.15, 0.2) is 16.8 Å². The molecule has 1 spiro atoms. The highest BCUT2D eigenvalue weighted by molar-refractivity contribution is 7.11. The van der Waals surface area contributed by atoms with Crippen molar-refractivity contribution in [3.05, 3.63) is 33.6 Å². The average molecular weight is 346 g/mol. The number of rotatable bonds is 3. The minimum Gasteiger partial charge on any atom is -0.361 e. The molecule has 1 atom stereocenters. The molecule has 2 aliphatic heterocycles. The Morgan fingerprint density at radius 2 is 2.25 bits per heavy atom. The number of thiazole rings is 1. The molecular weight excluding hydrogens is 324 g/mol. The lowest BCUT2D eigenvalue weighted by Crippen LogP contribution is -2.66. The molecule has 7 heteroatoms. The molecule has 0 aromatic carbocycles. The van der Waals surface area contributed by atoms with Crippen LogP contribution >= 0.6 is 11.3 Å². The molecule has 128 valence electrons. The van der Waals surface area contributed by atoms with Gasteiger partial charge in [-0.15, -0.1) is 11.3 Å². The molecule has 2 fully saturated rings. The summed E-state index contributed by atoms with van der Waals surface area (Å²) in [6.07, 6.45) is 5.34. The highest BCUT2D eigenvalue weighted by atomic mass is 32.1. The molecule has 6 nitrogen and oxygen atoms in total. The third-order valence-corrected chi connectivity index (χ3v) is 6.12. The fourth-order valence-electron chi connectivity index (χ4n) is 3.88. The summed E-state index contributed by atoms with van der Waals surface area (Å²) in [4.78, 5) is 22.8. The number of nitrogens with zero attached hydrogens (tertiary/aromatic N) is 4. The molecule has 2 saturated heterocycles. The van der Waals surface area contributed by atoms with E-state index in [4.69, 9.17) is 4.52 Å². The number of piperidine rings is 1. The van der Waals surface area contributed by atoms with Gasteiger partial charge in [-0.1, -0.05) is 5.16 Å². The summed E-state index contributed by atoms with van der Waals surface area (Å²) in [6.45, 7) is 7.49. The highest BCUT2D eigenvalue weighted by Gasteiger charge is 2.48. The molecule has 2 aliphatic rings. The molecule has 2 aromatic rings. The first-order chi connectivity index (χ1) is 11.6. The van der Waals surface area contributed by atoms with Gasteiger partial charge in [0.05, 0.1) is 5.01 Å². The van der Waals surface area contributed by atoms with E-state index in [9.17, 15) is 4.79 Å². The van der Waals surface area contributed by atoms with Crippen molar-refractivity contribution in [2.75, 3.05) is 19.6 Å². The Labute approximate surface area is 145 Å². The topological polar surface area (TPSA) is 62.5 Å². The standard InChI is InChI=1S/C17H22N4O2S/c1-12-8-15(19-23-12)16(22)20-6-3-4-17(11-20)5-7-21(17)10-14-9-18-13(2)24-14/h8-9H,3-7,10-11H2,1-2H3/t17-/m1/s1. The van der Waals surface area contributed by atoms with Crippen molar-refractivity contribution in [2.45, 2.75) is 45.2 Å². The Hall–Kier alpha value is -1.73. The number of hydrogen-bond acceptors (Lipinski definition) is 6. The zero-order valence-electron chi connectivity index (χ0n) is 14.1. The van der Waals surface area contributed by atoms with E-state index in [0.29, 0.717) is 11.5 Å². The largest absolute Gasteiger partial charge is 0.361 e. The number of likely N-dealkylation sites (tertiary alicyclic amines) is 2. The first-order valence-electron chi connectivity index (χ1n) is 8.45. The van der Waals surface area contributed by atoms with Crippen molar-refractivity contribution in [1.82, 2.24) is 19.9 Å². The van der Waals surface area contributed by atoms with E-state index in [-0.39, 0.29) is 11.4 Å². The van der Waals surface area contributed by atoms with Gasteiger partial charge >= 0.3 is 0 Å². The van der Waals surface area contributed by atoms with Crippen molar-refractivity contribution < 1.29 is 9.32 Å². The second kappa shape index (κ2) is 5.97. The van der Waals surface area contributed by atoms with Crippen LogP contribution < -0.4 is 0 Å². The van der Waals surface area contributed by atoms with Crippen LogP contribution in [-0.2, 0) is 6.54 Å². The van der Waals surface area contributed by atoms with Crippen molar-refractivity contribution in [2.24, 2.45) is 0 Å². The first kappa shape index (κ1) is 15.8. The number of carbonyl (C=O) groups excluding carboxylic acids is 1. The average Bonchev–Trinajstić information content (AvgIpc) is 3.19. The Morgan fingerprint density at radius 1 is 1.38 bits per heavy atom. The number of carbonyl (C=O) groups is 1. The smallest absolute Gasteiger partial charge is 0.276 e. The van der Waals surface area contributed by atoms with Crippen LogP contribution in [0.5, 0.6) is 0 Å². The van der Waals surface area contributed by atoms with Gasteiger partial charge in [0.1, 0.15) is 5.76 Å². The lowest BCUT2D eigenvalue weighted by atomic mass is 9.77. The fraction of sp³-hybridized carbons (Fsp3) is 0.588. The summed E-state index contributed by atoms with van der Waals surface area (Å²) in [5, 5.41) is 5.00. The van der Waals surface area contributed by atoms with Gasteiger partial charge in [-0.25, -0.2) is 4.98 Å². The number of aryl methyl sites for hydroxylation is 2. The van der Waals surface area contributed by atoms with Gasteiger partial charge in [-0.05, 0) is 33.1 Å². The van der Waals surface area contributed by atoms with Crippen LogP contribution in [-0.4, -0.2) is 51.0 Å². The Kier molecular flexibility index (Phi) is 3.92. The van der Waals surface area contributed by atoms with Gasteiger partial charge < -0.3 is 9.42 Å². The maximum Gasteiger partial charge on any atom is 0.276 e. The van der Waals surface area contributed by atoms with Gasteiger partial charge in [0.25, 0.3) is 5.91 Å². The summed E-state index contributed by atoms with van der Waals surface area (Å²) in [7, 11) is 0. The summed E-state index contributed by atoms with van der Waals surface area (Å²) in [6, 6.07) is 1.72. The van der Waals surface area contributed by atoms with Crippen LogP contribution in [0.1, 0.15) is 45.4 Å². The first-order valence-corrected chi connectivity index (χ1v) is 9.26. The van der Waals surface area contributed by atoms with E-state index in [1.807, 2.05) is 24.9 Å². The quantitative estimate of drug-likeness (QED) is 0.855. The summed E-state index contributed by atoms with van der Waals surface area (Å²) in [5.74, 6) is 0.669. The predicted octanol–water partition coefficient (Wildman–Crippen LogP) is 2.63. The molecular formula is C17H22N4O2S. The van der Waals surface area contributed by atoms with E-state index in [1.54, 1.807) is 17.4 Å². The minimum atomic E-state index is -0.00795. The zero-order valence-corrected chi connectivity index (χ0v) is 14.9. The maximum atomic E-state index is 12.7. The van der Waals surface area contributed by atoms with Gasteiger partial charge in [0.2, 0.25) is 0 Å². The van der Waals surface area contributed by atoms with E-state index in [0.717, 1.165) is 50.4 Å². The van der Waals surface area contributed by atoms with Gasteiger partial charge in [0.15, 0.2) is 5.69 Å². The van der Waals surface area contributed by atoms with Gasteiger partial charge in [0, 0.05) is 48.9 Å². The summed E-state index contributed by atoms with van der Waals surface area (Å²) >= 11 is 1.76. The van der Waals surface area contributed by atoms with Crippen molar-refractivity contribution in [3.63, 3.8) is 0 Å². The number of amides is 1.